The Labute approximate surface area is 200 Å². The molecule has 156 valence electrons. The molecule has 0 saturated heterocycles. The van der Waals surface area contributed by atoms with Gasteiger partial charge in [-0.2, -0.15) is 0 Å². The topological polar surface area (TPSA) is 87.4 Å². The third-order valence-electron chi connectivity index (χ3n) is 4.24. The fourth-order valence-electron chi connectivity index (χ4n) is 2.78. The summed E-state index contributed by atoms with van der Waals surface area (Å²) in [6.45, 7) is 0. The summed E-state index contributed by atoms with van der Waals surface area (Å²) < 4.78 is 6.32. The van der Waals surface area contributed by atoms with Crippen molar-refractivity contribution in [3.05, 3.63) is 74.7 Å². The summed E-state index contributed by atoms with van der Waals surface area (Å²) in [5, 5.41) is 15.9. The second-order valence-corrected chi connectivity index (χ2v) is 8.51. The van der Waals surface area contributed by atoms with E-state index in [2.05, 4.69) is 31.5 Å². The molecule has 1 amide bonds. The summed E-state index contributed by atoms with van der Waals surface area (Å²) in [7, 11) is 0. The number of halogens is 3. The number of aromatic nitrogens is 1. The Hall–Kier alpha value is -2.65. The minimum absolute atomic E-state index is 0.0987. The number of hydrogen-bond donors (Lipinski definition) is 3. The number of carbonyl (C=O) groups excluding carboxylic acids is 1. The zero-order chi connectivity index (χ0) is 22.1. The van der Waals surface area contributed by atoms with Gasteiger partial charge in [0.25, 0.3) is 5.91 Å². The Balaban J connectivity index is 1.50. The van der Waals surface area contributed by atoms with Gasteiger partial charge in [0.2, 0.25) is 5.89 Å². The van der Waals surface area contributed by atoms with Crippen molar-refractivity contribution in [2.45, 2.75) is 0 Å². The molecular weight excluding hydrogens is 525 g/mol. The minimum Gasteiger partial charge on any atom is -0.507 e. The molecule has 0 aliphatic carbocycles. The molecule has 31 heavy (non-hydrogen) atoms. The number of benzene rings is 3. The number of nitrogens with one attached hydrogen (secondary N) is 2. The van der Waals surface area contributed by atoms with Crippen LogP contribution in [0.25, 0.3) is 22.6 Å². The number of carbonyl (C=O) groups is 1. The maximum atomic E-state index is 12.4. The van der Waals surface area contributed by atoms with Gasteiger partial charge in [0, 0.05) is 16.3 Å². The number of phenolic OH excluding ortho intramolecular Hbond substituents is 1. The molecule has 10 heteroatoms. The first kappa shape index (κ1) is 21.6. The number of nitrogens with zero attached hydrogens (tertiary/aromatic N) is 1. The Morgan fingerprint density at radius 2 is 1.90 bits per heavy atom. The van der Waals surface area contributed by atoms with Crippen LogP contribution in [0.5, 0.6) is 5.75 Å². The van der Waals surface area contributed by atoms with Crippen LogP contribution in [-0.4, -0.2) is 21.1 Å². The van der Waals surface area contributed by atoms with Crippen LogP contribution in [-0.2, 0) is 0 Å². The van der Waals surface area contributed by atoms with Gasteiger partial charge in [-0.3, -0.25) is 10.1 Å². The lowest BCUT2D eigenvalue weighted by molar-refractivity contribution is 0.0978. The first-order valence-corrected chi connectivity index (χ1v) is 10.7. The number of amides is 1. The van der Waals surface area contributed by atoms with E-state index in [4.69, 9.17) is 39.8 Å². The molecule has 0 unspecified atom stereocenters. The Morgan fingerprint density at radius 3 is 2.65 bits per heavy atom. The number of thiocarbonyl (C=S) groups is 1. The highest BCUT2D eigenvalue weighted by molar-refractivity contribution is 9.10. The van der Waals surface area contributed by atoms with E-state index >= 15 is 0 Å². The van der Waals surface area contributed by atoms with E-state index in [9.17, 15) is 9.90 Å². The monoisotopic (exact) mass is 535 g/mol. The van der Waals surface area contributed by atoms with Crippen molar-refractivity contribution in [2.24, 2.45) is 0 Å². The summed E-state index contributed by atoms with van der Waals surface area (Å²) >= 11 is 20.4. The quantitative estimate of drug-likeness (QED) is 0.263. The predicted molar refractivity (Wildman–Crippen MR) is 129 cm³/mol. The van der Waals surface area contributed by atoms with E-state index < -0.39 is 5.91 Å². The number of anilines is 1. The zero-order valence-corrected chi connectivity index (χ0v) is 19.4. The van der Waals surface area contributed by atoms with E-state index in [1.54, 1.807) is 42.5 Å². The number of oxazole rings is 1. The summed E-state index contributed by atoms with van der Waals surface area (Å²) in [6, 6.07) is 14.8. The van der Waals surface area contributed by atoms with Crippen molar-refractivity contribution in [3.8, 4) is 17.2 Å². The molecule has 0 fully saturated rings. The van der Waals surface area contributed by atoms with Crippen molar-refractivity contribution < 1.29 is 14.3 Å². The number of aromatic hydroxyl groups is 1. The molecule has 0 aliphatic heterocycles. The van der Waals surface area contributed by atoms with Crippen LogP contribution in [0, 0.1) is 0 Å². The second kappa shape index (κ2) is 8.84. The molecule has 0 atom stereocenters. The SMILES string of the molecule is O=C(NC(=S)Nc1ccc2oc(-c3ccc(O)c(Br)c3)nc2c1)c1ccc(Cl)cc1Cl. The molecule has 3 N–H and O–H groups in total. The lowest BCUT2D eigenvalue weighted by Crippen LogP contribution is -2.34. The molecule has 0 aliphatic rings. The van der Waals surface area contributed by atoms with Crippen molar-refractivity contribution in [3.63, 3.8) is 0 Å². The predicted octanol–water partition coefficient (Wildman–Crippen LogP) is 6.40. The average Bonchev–Trinajstić information content (AvgIpc) is 3.13. The average molecular weight is 537 g/mol. The van der Waals surface area contributed by atoms with Crippen molar-refractivity contribution in [1.82, 2.24) is 10.3 Å². The van der Waals surface area contributed by atoms with Crippen LogP contribution in [0.15, 0.2) is 63.5 Å². The van der Waals surface area contributed by atoms with Crippen LogP contribution >= 0.6 is 51.3 Å². The Bertz CT molecular complexity index is 1340. The van der Waals surface area contributed by atoms with Gasteiger partial charge < -0.3 is 14.8 Å². The van der Waals surface area contributed by atoms with Gasteiger partial charge in [-0.05, 0) is 82.7 Å². The minimum atomic E-state index is -0.457. The number of fused-ring (bicyclic) bond motifs is 1. The molecule has 1 heterocycles. The molecule has 6 nitrogen and oxygen atoms in total. The first-order valence-electron chi connectivity index (χ1n) is 8.77. The van der Waals surface area contributed by atoms with Gasteiger partial charge in [0.05, 0.1) is 15.1 Å². The molecule has 0 radical (unpaired) electrons. The molecule has 1 aromatic heterocycles. The van der Waals surface area contributed by atoms with Crippen molar-refractivity contribution >= 4 is 79.2 Å². The summed E-state index contributed by atoms with van der Waals surface area (Å²) in [6.07, 6.45) is 0. The van der Waals surface area contributed by atoms with E-state index in [0.717, 1.165) is 0 Å². The van der Waals surface area contributed by atoms with Crippen molar-refractivity contribution in [2.75, 3.05) is 5.32 Å². The van der Waals surface area contributed by atoms with Gasteiger partial charge in [-0.15, -0.1) is 0 Å². The van der Waals surface area contributed by atoms with Crippen LogP contribution in [0.2, 0.25) is 10.0 Å². The van der Waals surface area contributed by atoms with Crippen LogP contribution in [0.1, 0.15) is 10.4 Å². The standard InChI is InChI=1S/C21H12BrCl2N3O3S/c22-14-7-10(1-5-17(14)28)20-26-16-9-12(3-6-18(16)30-20)25-21(31)27-19(29)13-4-2-11(23)8-15(13)24/h1-9,28H,(H2,25,27,29,31). The molecule has 4 rings (SSSR count). The largest absolute Gasteiger partial charge is 0.507 e. The normalized spacial score (nSPS) is 10.8. The van der Waals surface area contributed by atoms with Gasteiger partial charge in [-0.25, -0.2) is 4.98 Å². The van der Waals surface area contributed by atoms with Gasteiger partial charge in [-0.1, -0.05) is 23.2 Å². The summed E-state index contributed by atoms with van der Waals surface area (Å²) in [5.41, 5.74) is 2.75. The zero-order valence-electron chi connectivity index (χ0n) is 15.4. The first-order chi connectivity index (χ1) is 14.8. The maximum absolute atomic E-state index is 12.4. The lowest BCUT2D eigenvalue weighted by Gasteiger charge is -2.10. The molecule has 3 aromatic carbocycles. The fourth-order valence-corrected chi connectivity index (χ4v) is 3.86. The number of rotatable bonds is 3. The van der Waals surface area contributed by atoms with Crippen LogP contribution < -0.4 is 10.6 Å². The highest BCUT2D eigenvalue weighted by Crippen LogP contribution is 2.31. The lowest BCUT2D eigenvalue weighted by atomic mass is 10.2. The van der Waals surface area contributed by atoms with E-state index in [0.29, 0.717) is 37.7 Å². The smallest absolute Gasteiger partial charge is 0.258 e. The summed E-state index contributed by atoms with van der Waals surface area (Å²) in [5.74, 6) is 0.0739. The van der Waals surface area contributed by atoms with Gasteiger partial charge in [0.15, 0.2) is 10.7 Å². The van der Waals surface area contributed by atoms with E-state index in [1.165, 1.54) is 12.1 Å². The van der Waals surface area contributed by atoms with E-state index in [1.807, 2.05) is 0 Å². The highest BCUT2D eigenvalue weighted by atomic mass is 79.9. The maximum Gasteiger partial charge on any atom is 0.258 e. The fraction of sp³-hybridized carbons (Fsp3) is 0. The van der Waals surface area contributed by atoms with Crippen LogP contribution in [0.3, 0.4) is 0 Å². The van der Waals surface area contributed by atoms with Crippen LogP contribution in [0.4, 0.5) is 5.69 Å². The van der Waals surface area contributed by atoms with Gasteiger partial charge >= 0.3 is 0 Å². The molecule has 0 bridgehead atoms. The highest BCUT2D eigenvalue weighted by Gasteiger charge is 2.14. The molecule has 0 spiro atoms. The summed E-state index contributed by atoms with van der Waals surface area (Å²) in [4.78, 5) is 16.9. The van der Waals surface area contributed by atoms with Crippen molar-refractivity contribution in [1.29, 1.82) is 0 Å². The second-order valence-electron chi connectivity index (χ2n) is 6.40. The van der Waals surface area contributed by atoms with E-state index in [-0.39, 0.29) is 21.4 Å². The Kier molecular flexibility index (Phi) is 6.15. The molecule has 0 saturated carbocycles. The third-order valence-corrected chi connectivity index (χ3v) is 5.63. The molecule has 4 aromatic rings. The Morgan fingerprint density at radius 1 is 1.10 bits per heavy atom. The number of hydrogen-bond acceptors (Lipinski definition) is 5. The van der Waals surface area contributed by atoms with Gasteiger partial charge in [0.1, 0.15) is 11.3 Å². The number of phenols is 1. The third kappa shape index (κ3) is 4.83. The molecular formula is C21H12BrCl2N3O3S.